The predicted molar refractivity (Wildman–Crippen MR) is 116 cm³/mol. The minimum Gasteiger partial charge on any atom is -0.405 e. The highest BCUT2D eigenvalue weighted by Crippen LogP contribution is 2.37. The largest absolute Gasteiger partial charge is 0.573 e. The third kappa shape index (κ3) is 4.34. The molecule has 2 aromatic heterocycles. The lowest BCUT2D eigenvalue weighted by Gasteiger charge is -2.38. The highest BCUT2D eigenvalue weighted by atomic mass is 19.4. The third-order valence-corrected chi connectivity index (χ3v) is 5.84. The van der Waals surface area contributed by atoms with E-state index in [1.165, 1.54) is 35.4 Å². The summed E-state index contributed by atoms with van der Waals surface area (Å²) in [6.07, 6.45) is -1.26. The molecular formula is C23H19F3N6O3. The van der Waals surface area contributed by atoms with Crippen molar-refractivity contribution >= 4 is 5.91 Å². The molecule has 1 unspecified atom stereocenters. The van der Waals surface area contributed by atoms with Gasteiger partial charge in [0.15, 0.2) is 0 Å². The standard InChI is InChI=1S/C23H19F3N6O3/c1-13-11-16(18(12-14(13)2)32-27-8-9-28-32)22(33)31-10-7-17(31)21-29-20(30-35-21)15-5-3-4-6-19(15)34-23(24,25)26/h3-6,8-9,11-12,17H,7,10H2,1-2H3. The summed E-state index contributed by atoms with van der Waals surface area (Å²) in [7, 11) is 0. The minimum absolute atomic E-state index is 0.0261. The molecule has 9 nitrogen and oxygen atoms in total. The van der Waals surface area contributed by atoms with Crippen LogP contribution in [0.25, 0.3) is 17.1 Å². The first kappa shape index (κ1) is 22.6. The first-order valence-corrected chi connectivity index (χ1v) is 10.7. The number of carbonyl (C=O) groups excluding carboxylic acids is 1. The fourth-order valence-corrected chi connectivity index (χ4v) is 3.86. The number of rotatable bonds is 5. The Hall–Kier alpha value is -4.22. The smallest absolute Gasteiger partial charge is 0.405 e. The maximum Gasteiger partial charge on any atom is 0.573 e. The molecule has 0 saturated carbocycles. The molecule has 0 aliphatic carbocycles. The summed E-state index contributed by atoms with van der Waals surface area (Å²) in [5.74, 6) is -0.645. The number of benzene rings is 2. The van der Waals surface area contributed by atoms with Crippen LogP contribution in [0.4, 0.5) is 13.2 Å². The molecule has 1 fully saturated rings. The van der Waals surface area contributed by atoms with Crippen LogP contribution < -0.4 is 4.74 Å². The molecule has 180 valence electrons. The molecule has 35 heavy (non-hydrogen) atoms. The van der Waals surface area contributed by atoms with Gasteiger partial charge in [-0.1, -0.05) is 17.3 Å². The van der Waals surface area contributed by atoms with Crippen LogP contribution in [0.2, 0.25) is 0 Å². The summed E-state index contributed by atoms with van der Waals surface area (Å²) in [6.45, 7) is 4.29. The molecule has 12 heteroatoms. The Morgan fingerprint density at radius 1 is 1.11 bits per heavy atom. The summed E-state index contributed by atoms with van der Waals surface area (Å²) in [5.41, 5.74) is 2.90. The van der Waals surface area contributed by atoms with E-state index in [1.807, 2.05) is 19.9 Å². The summed E-state index contributed by atoms with van der Waals surface area (Å²) in [6, 6.07) is 8.64. The number of hydrogen-bond donors (Lipinski definition) is 0. The average molecular weight is 484 g/mol. The fourth-order valence-electron chi connectivity index (χ4n) is 3.86. The highest BCUT2D eigenvalue weighted by molar-refractivity contribution is 5.98. The molecule has 1 aliphatic rings. The van der Waals surface area contributed by atoms with Crippen molar-refractivity contribution < 1.29 is 27.2 Å². The van der Waals surface area contributed by atoms with Crippen molar-refractivity contribution in [3.05, 3.63) is 71.4 Å². The van der Waals surface area contributed by atoms with Crippen LogP contribution in [-0.4, -0.2) is 48.8 Å². The summed E-state index contributed by atoms with van der Waals surface area (Å²) >= 11 is 0. The van der Waals surface area contributed by atoms with Crippen molar-refractivity contribution in [2.45, 2.75) is 32.7 Å². The van der Waals surface area contributed by atoms with Crippen LogP contribution in [-0.2, 0) is 0 Å². The molecular weight excluding hydrogens is 465 g/mol. The monoisotopic (exact) mass is 484 g/mol. The highest BCUT2D eigenvalue weighted by Gasteiger charge is 2.39. The molecule has 1 aliphatic heterocycles. The molecule has 0 bridgehead atoms. The Kier molecular flexibility index (Phi) is 5.50. The average Bonchev–Trinajstić information content (AvgIpc) is 3.46. The van der Waals surface area contributed by atoms with Crippen LogP contribution in [0.15, 0.2) is 53.3 Å². The zero-order valence-electron chi connectivity index (χ0n) is 18.7. The molecule has 0 spiro atoms. The zero-order chi connectivity index (χ0) is 24.7. The Balaban J connectivity index is 1.43. The van der Waals surface area contributed by atoms with Crippen LogP contribution >= 0.6 is 0 Å². The second kappa shape index (κ2) is 8.53. The Morgan fingerprint density at radius 2 is 1.83 bits per heavy atom. The molecule has 2 aromatic carbocycles. The van der Waals surface area contributed by atoms with Gasteiger partial charge in [0.2, 0.25) is 11.7 Å². The number of nitrogens with zero attached hydrogens (tertiary/aromatic N) is 6. The first-order valence-electron chi connectivity index (χ1n) is 10.7. The number of aromatic nitrogens is 5. The molecule has 0 N–H and O–H groups in total. The van der Waals surface area contributed by atoms with Gasteiger partial charge in [-0.25, -0.2) is 0 Å². The van der Waals surface area contributed by atoms with Crippen molar-refractivity contribution in [3.63, 3.8) is 0 Å². The van der Waals surface area contributed by atoms with E-state index in [2.05, 4.69) is 25.1 Å². The second-order valence-corrected chi connectivity index (χ2v) is 8.08. The van der Waals surface area contributed by atoms with E-state index in [0.29, 0.717) is 24.2 Å². The van der Waals surface area contributed by atoms with Crippen LogP contribution in [0, 0.1) is 13.8 Å². The molecule has 5 rings (SSSR count). The van der Waals surface area contributed by atoms with Gasteiger partial charge in [-0.15, -0.1) is 13.2 Å². The van der Waals surface area contributed by atoms with E-state index in [-0.39, 0.29) is 23.2 Å². The molecule has 1 saturated heterocycles. The lowest BCUT2D eigenvalue weighted by atomic mass is 9.98. The van der Waals surface area contributed by atoms with Crippen LogP contribution in [0.1, 0.15) is 39.8 Å². The van der Waals surface area contributed by atoms with Gasteiger partial charge in [-0.05, 0) is 55.7 Å². The molecule has 3 heterocycles. The van der Waals surface area contributed by atoms with E-state index < -0.39 is 18.2 Å². The lowest BCUT2D eigenvalue weighted by molar-refractivity contribution is -0.274. The Bertz CT molecular complexity index is 1380. The number of alkyl halides is 3. The molecule has 1 amide bonds. The number of halogens is 3. The molecule has 4 aromatic rings. The van der Waals surface area contributed by atoms with Crippen molar-refractivity contribution in [1.29, 1.82) is 0 Å². The molecule has 0 radical (unpaired) electrons. The number of aryl methyl sites for hydroxylation is 2. The second-order valence-electron chi connectivity index (χ2n) is 8.08. The summed E-state index contributed by atoms with van der Waals surface area (Å²) in [5, 5.41) is 12.1. The fraction of sp³-hybridized carbons (Fsp3) is 0.261. The zero-order valence-corrected chi connectivity index (χ0v) is 18.7. The molecule has 1 atom stereocenters. The van der Waals surface area contributed by atoms with Gasteiger partial charge in [-0.3, -0.25) is 4.79 Å². The van der Waals surface area contributed by atoms with E-state index >= 15 is 0 Å². The lowest BCUT2D eigenvalue weighted by Crippen LogP contribution is -2.45. The Labute approximate surface area is 197 Å². The Morgan fingerprint density at radius 3 is 2.51 bits per heavy atom. The van der Waals surface area contributed by atoms with Crippen molar-refractivity contribution in [1.82, 2.24) is 30.0 Å². The van der Waals surface area contributed by atoms with Gasteiger partial charge in [0, 0.05) is 6.54 Å². The first-order chi connectivity index (χ1) is 16.7. The van der Waals surface area contributed by atoms with Gasteiger partial charge in [0.05, 0.1) is 29.2 Å². The number of carbonyl (C=O) groups is 1. The van der Waals surface area contributed by atoms with Gasteiger partial charge < -0.3 is 14.2 Å². The quantitative estimate of drug-likeness (QED) is 0.414. The maximum absolute atomic E-state index is 13.5. The van der Waals surface area contributed by atoms with E-state index in [9.17, 15) is 18.0 Å². The van der Waals surface area contributed by atoms with Gasteiger partial charge >= 0.3 is 6.36 Å². The topological polar surface area (TPSA) is 99.2 Å². The van der Waals surface area contributed by atoms with Crippen LogP contribution in [0.3, 0.4) is 0 Å². The van der Waals surface area contributed by atoms with Crippen molar-refractivity contribution in [2.24, 2.45) is 0 Å². The van der Waals surface area contributed by atoms with Crippen molar-refractivity contribution in [3.8, 4) is 22.8 Å². The van der Waals surface area contributed by atoms with E-state index in [1.54, 1.807) is 17.0 Å². The number of ether oxygens (including phenoxy) is 1. The normalized spacial score (nSPS) is 15.7. The number of hydrogen-bond acceptors (Lipinski definition) is 7. The SMILES string of the molecule is Cc1cc(C(=O)N2CCC2c2nc(-c3ccccc3OC(F)(F)F)no2)c(-n2nccn2)cc1C. The number of likely N-dealkylation sites (tertiary alicyclic amines) is 1. The predicted octanol–water partition coefficient (Wildman–Crippen LogP) is 4.42. The summed E-state index contributed by atoms with van der Waals surface area (Å²) < 4.78 is 47.8. The number of para-hydroxylation sites is 1. The van der Waals surface area contributed by atoms with Gasteiger partial charge in [-0.2, -0.15) is 20.0 Å². The van der Waals surface area contributed by atoms with Gasteiger partial charge in [0.1, 0.15) is 11.8 Å². The third-order valence-electron chi connectivity index (χ3n) is 5.84. The van der Waals surface area contributed by atoms with Crippen LogP contribution in [0.5, 0.6) is 5.75 Å². The minimum atomic E-state index is -4.87. The summed E-state index contributed by atoms with van der Waals surface area (Å²) in [4.78, 5) is 20.7. The number of amides is 1. The maximum atomic E-state index is 13.5. The van der Waals surface area contributed by atoms with Gasteiger partial charge in [0.25, 0.3) is 5.91 Å². The van der Waals surface area contributed by atoms with E-state index in [4.69, 9.17) is 4.52 Å². The van der Waals surface area contributed by atoms with E-state index in [0.717, 1.165) is 11.1 Å². The van der Waals surface area contributed by atoms with Crippen molar-refractivity contribution in [2.75, 3.05) is 6.54 Å².